The minimum atomic E-state index is -0.354. The number of benzene rings is 1. The van der Waals surface area contributed by atoms with Crippen molar-refractivity contribution < 1.29 is 9.59 Å². The number of hydrogen-bond acceptors (Lipinski definition) is 5. The van der Waals surface area contributed by atoms with Crippen molar-refractivity contribution in [3.8, 4) is 10.6 Å². The molecule has 0 radical (unpaired) electrons. The Bertz CT molecular complexity index is 791. The molecule has 0 bridgehead atoms. The SMILES string of the molecule is CN1CC(=O)N2CCN(Cc3csc(-c4ccccc4)n3)C[C@@H]2C1=O. The molecule has 1 aromatic carbocycles. The molecule has 1 atom stereocenters. The molecule has 130 valence electrons. The van der Waals surface area contributed by atoms with Gasteiger partial charge in [0.15, 0.2) is 0 Å². The van der Waals surface area contributed by atoms with Crippen LogP contribution < -0.4 is 0 Å². The van der Waals surface area contributed by atoms with Crippen LogP contribution in [-0.2, 0) is 16.1 Å². The number of likely N-dealkylation sites (N-methyl/N-ethyl adjacent to an activating group) is 1. The number of piperazine rings is 2. The molecule has 0 spiro atoms. The smallest absolute Gasteiger partial charge is 0.246 e. The predicted molar refractivity (Wildman–Crippen MR) is 96.0 cm³/mol. The first-order chi connectivity index (χ1) is 12.1. The molecule has 0 N–H and O–H groups in total. The van der Waals surface area contributed by atoms with E-state index in [-0.39, 0.29) is 24.4 Å². The summed E-state index contributed by atoms with van der Waals surface area (Å²) in [5.74, 6) is 0.0827. The van der Waals surface area contributed by atoms with E-state index in [1.165, 1.54) is 4.90 Å². The van der Waals surface area contributed by atoms with E-state index in [1.54, 1.807) is 23.3 Å². The highest BCUT2D eigenvalue weighted by atomic mass is 32.1. The van der Waals surface area contributed by atoms with E-state index in [1.807, 2.05) is 18.2 Å². The summed E-state index contributed by atoms with van der Waals surface area (Å²) in [6.07, 6.45) is 0. The third-order valence-corrected chi connectivity index (χ3v) is 5.72. The second-order valence-electron chi connectivity index (χ2n) is 6.54. The fraction of sp³-hybridized carbons (Fsp3) is 0.389. The van der Waals surface area contributed by atoms with Crippen molar-refractivity contribution in [3.63, 3.8) is 0 Å². The lowest BCUT2D eigenvalue weighted by atomic mass is 10.1. The average Bonchev–Trinajstić information content (AvgIpc) is 3.09. The van der Waals surface area contributed by atoms with E-state index in [4.69, 9.17) is 4.98 Å². The highest BCUT2D eigenvalue weighted by Gasteiger charge is 2.41. The molecule has 4 rings (SSSR count). The summed E-state index contributed by atoms with van der Waals surface area (Å²) in [7, 11) is 1.70. The Morgan fingerprint density at radius 2 is 2.00 bits per heavy atom. The van der Waals surface area contributed by atoms with Gasteiger partial charge in [0.1, 0.15) is 11.0 Å². The summed E-state index contributed by atoms with van der Waals surface area (Å²) >= 11 is 1.64. The van der Waals surface area contributed by atoms with Crippen LogP contribution in [0.3, 0.4) is 0 Å². The van der Waals surface area contributed by atoms with Crippen LogP contribution in [0, 0.1) is 0 Å². The Labute approximate surface area is 150 Å². The maximum atomic E-state index is 12.4. The zero-order chi connectivity index (χ0) is 17.4. The molecular formula is C18H20N4O2S. The van der Waals surface area contributed by atoms with Crippen molar-refractivity contribution in [2.75, 3.05) is 33.2 Å². The van der Waals surface area contributed by atoms with Gasteiger partial charge >= 0.3 is 0 Å². The topological polar surface area (TPSA) is 56.8 Å². The lowest BCUT2D eigenvalue weighted by Crippen LogP contribution is -2.65. The highest BCUT2D eigenvalue weighted by molar-refractivity contribution is 7.13. The Balaban J connectivity index is 1.45. The number of carbonyl (C=O) groups is 2. The molecule has 2 aliphatic rings. The first-order valence-electron chi connectivity index (χ1n) is 8.38. The van der Waals surface area contributed by atoms with Gasteiger partial charge in [-0.2, -0.15) is 0 Å². The van der Waals surface area contributed by atoms with Crippen LogP contribution in [-0.4, -0.2) is 70.8 Å². The molecule has 2 amide bonds. The largest absolute Gasteiger partial charge is 0.335 e. The highest BCUT2D eigenvalue weighted by Crippen LogP contribution is 2.25. The first kappa shape index (κ1) is 16.2. The Morgan fingerprint density at radius 1 is 1.20 bits per heavy atom. The lowest BCUT2D eigenvalue weighted by Gasteiger charge is -2.45. The van der Waals surface area contributed by atoms with Crippen LogP contribution in [0.25, 0.3) is 10.6 Å². The zero-order valence-corrected chi connectivity index (χ0v) is 14.9. The fourth-order valence-corrected chi connectivity index (χ4v) is 4.26. The van der Waals surface area contributed by atoms with Gasteiger partial charge in [-0.25, -0.2) is 4.98 Å². The molecule has 3 heterocycles. The maximum Gasteiger partial charge on any atom is 0.246 e. The molecule has 0 unspecified atom stereocenters. The molecule has 0 saturated carbocycles. The van der Waals surface area contributed by atoms with Crippen molar-refractivity contribution in [2.45, 2.75) is 12.6 Å². The van der Waals surface area contributed by atoms with Crippen LogP contribution in [0.1, 0.15) is 5.69 Å². The lowest BCUT2D eigenvalue weighted by molar-refractivity contribution is -0.158. The van der Waals surface area contributed by atoms with E-state index in [2.05, 4.69) is 22.4 Å². The van der Waals surface area contributed by atoms with Gasteiger partial charge in [0.2, 0.25) is 11.8 Å². The van der Waals surface area contributed by atoms with E-state index in [0.717, 1.165) is 22.8 Å². The predicted octanol–water partition coefficient (Wildman–Crippen LogP) is 1.29. The van der Waals surface area contributed by atoms with Gasteiger partial charge in [-0.3, -0.25) is 14.5 Å². The van der Waals surface area contributed by atoms with Crippen LogP contribution >= 0.6 is 11.3 Å². The fourth-order valence-electron chi connectivity index (χ4n) is 3.44. The molecule has 25 heavy (non-hydrogen) atoms. The van der Waals surface area contributed by atoms with Gasteiger partial charge in [0.05, 0.1) is 12.2 Å². The van der Waals surface area contributed by atoms with Gasteiger partial charge < -0.3 is 9.80 Å². The van der Waals surface area contributed by atoms with Crippen molar-refractivity contribution in [1.29, 1.82) is 0 Å². The van der Waals surface area contributed by atoms with Crippen molar-refractivity contribution in [1.82, 2.24) is 19.7 Å². The molecule has 2 fully saturated rings. The molecule has 7 heteroatoms. The van der Waals surface area contributed by atoms with E-state index in [0.29, 0.717) is 19.6 Å². The first-order valence-corrected chi connectivity index (χ1v) is 9.26. The normalized spacial score (nSPS) is 21.6. The molecule has 0 aliphatic carbocycles. The number of nitrogens with zero attached hydrogens (tertiary/aromatic N) is 4. The number of amides is 2. The second kappa shape index (κ2) is 6.57. The molecule has 2 saturated heterocycles. The number of fused-ring (bicyclic) bond motifs is 1. The van der Waals surface area contributed by atoms with Crippen LogP contribution in [0.15, 0.2) is 35.7 Å². The monoisotopic (exact) mass is 356 g/mol. The van der Waals surface area contributed by atoms with Crippen molar-refractivity contribution in [3.05, 3.63) is 41.4 Å². The van der Waals surface area contributed by atoms with Crippen LogP contribution in [0.2, 0.25) is 0 Å². The van der Waals surface area contributed by atoms with E-state index < -0.39 is 0 Å². The molecule has 6 nitrogen and oxygen atoms in total. The number of thiazole rings is 1. The van der Waals surface area contributed by atoms with E-state index >= 15 is 0 Å². The number of hydrogen-bond donors (Lipinski definition) is 0. The zero-order valence-electron chi connectivity index (χ0n) is 14.1. The summed E-state index contributed by atoms with van der Waals surface area (Å²) in [5.41, 5.74) is 2.14. The summed E-state index contributed by atoms with van der Waals surface area (Å²) in [6, 6.07) is 9.78. The Kier molecular flexibility index (Phi) is 4.27. The summed E-state index contributed by atoms with van der Waals surface area (Å²) < 4.78 is 0. The molecule has 1 aromatic heterocycles. The van der Waals surface area contributed by atoms with Gasteiger partial charge in [0, 0.05) is 44.2 Å². The summed E-state index contributed by atoms with van der Waals surface area (Å²) in [5, 5.41) is 3.09. The molecular weight excluding hydrogens is 336 g/mol. The van der Waals surface area contributed by atoms with Crippen LogP contribution in [0.5, 0.6) is 0 Å². The molecule has 2 aromatic rings. The van der Waals surface area contributed by atoms with Gasteiger partial charge in [-0.1, -0.05) is 30.3 Å². The van der Waals surface area contributed by atoms with Crippen LogP contribution in [0.4, 0.5) is 0 Å². The van der Waals surface area contributed by atoms with Crippen molar-refractivity contribution >= 4 is 23.2 Å². The van der Waals surface area contributed by atoms with E-state index in [9.17, 15) is 9.59 Å². The number of rotatable bonds is 3. The standard InChI is InChI=1S/C18H20N4O2S/c1-20-11-16(23)22-8-7-21(10-15(22)18(20)24)9-14-12-25-17(19-14)13-5-3-2-4-6-13/h2-6,12,15H,7-11H2,1H3/t15-/m1/s1. The van der Waals surface area contributed by atoms with Crippen molar-refractivity contribution in [2.24, 2.45) is 0 Å². The number of carbonyl (C=O) groups excluding carboxylic acids is 2. The van der Waals surface area contributed by atoms with Gasteiger partial charge in [-0.15, -0.1) is 11.3 Å². The summed E-state index contributed by atoms with van der Waals surface area (Å²) in [6.45, 7) is 2.87. The maximum absolute atomic E-state index is 12.4. The minimum Gasteiger partial charge on any atom is -0.335 e. The average molecular weight is 356 g/mol. The third-order valence-electron chi connectivity index (χ3n) is 4.78. The third kappa shape index (κ3) is 3.17. The molecule has 2 aliphatic heterocycles. The van der Waals surface area contributed by atoms with Gasteiger partial charge in [-0.05, 0) is 0 Å². The van der Waals surface area contributed by atoms with Gasteiger partial charge in [0.25, 0.3) is 0 Å². The summed E-state index contributed by atoms with van der Waals surface area (Å²) in [4.78, 5) is 34.7. The quantitative estimate of drug-likeness (QED) is 0.832. The minimum absolute atomic E-state index is 0.0348. The second-order valence-corrected chi connectivity index (χ2v) is 7.40. The Hall–Kier alpha value is -2.25. The Morgan fingerprint density at radius 3 is 2.80 bits per heavy atom. The number of aromatic nitrogens is 1.